The zero-order chi connectivity index (χ0) is 20.3. The van der Waals surface area contributed by atoms with E-state index in [1.54, 1.807) is 36.9 Å². The number of nitrogens with zero attached hydrogens (tertiary/aromatic N) is 3. The Morgan fingerprint density at radius 1 is 1.07 bits per heavy atom. The van der Waals surface area contributed by atoms with E-state index in [4.69, 9.17) is 4.74 Å². The van der Waals surface area contributed by atoms with Crippen LogP contribution in [0, 0.1) is 0 Å². The maximum absolute atomic E-state index is 13.0. The van der Waals surface area contributed by atoms with Crippen molar-refractivity contribution in [2.45, 2.75) is 0 Å². The Balaban J connectivity index is 1.45. The number of hydrogen-bond donors (Lipinski definition) is 2. The first kappa shape index (κ1) is 18.3. The number of H-pyrrole nitrogens is 1. The van der Waals surface area contributed by atoms with Crippen LogP contribution in [-0.2, 0) is 4.74 Å². The van der Waals surface area contributed by atoms with Crippen molar-refractivity contribution in [2.24, 2.45) is 0 Å². The number of carbonyl (C=O) groups is 1. The molecule has 7 nitrogen and oxygen atoms in total. The lowest BCUT2D eigenvalue weighted by Crippen LogP contribution is -2.36. The molecule has 30 heavy (non-hydrogen) atoms. The van der Waals surface area contributed by atoms with Gasteiger partial charge >= 0.3 is 0 Å². The van der Waals surface area contributed by atoms with Gasteiger partial charge in [-0.05, 0) is 42.5 Å². The largest absolute Gasteiger partial charge is 0.378 e. The minimum Gasteiger partial charge on any atom is -0.378 e. The third kappa shape index (κ3) is 3.51. The molecule has 1 aromatic carbocycles. The lowest BCUT2D eigenvalue weighted by Gasteiger charge is -2.29. The summed E-state index contributed by atoms with van der Waals surface area (Å²) in [4.78, 5) is 26.9. The van der Waals surface area contributed by atoms with Crippen molar-refractivity contribution in [3.63, 3.8) is 0 Å². The summed E-state index contributed by atoms with van der Waals surface area (Å²) < 4.78 is 5.43. The SMILES string of the molecule is O=C(c1cccnc1)c1c[nH]c2nccc(Nc3ccc(N4CCOCC4)cc3)c12. The Labute approximate surface area is 173 Å². The number of ketones is 1. The molecule has 0 atom stereocenters. The molecule has 4 heterocycles. The molecule has 0 spiro atoms. The van der Waals surface area contributed by atoms with Crippen molar-refractivity contribution in [2.75, 3.05) is 36.5 Å². The van der Waals surface area contributed by atoms with Gasteiger partial charge in [0.2, 0.25) is 0 Å². The van der Waals surface area contributed by atoms with Crippen LogP contribution in [0.4, 0.5) is 17.1 Å². The number of rotatable bonds is 5. The molecule has 1 fully saturated rings. The highest BCUT2D eigenvalue weighted by atomic mass is 16.5. The van der Waals surface area contributed by atoms with Crippen LogP contribution in [0.3, 0.4) is 0 Å². The van der Waals surface area contributed by atoms with Crippen molar-refractivity contribution in [3.05, 3.63) is 78.4 Å². The fourth-order valence-electron chi connectivity index (χ4n) is 3.73. The van der Waals surface area contributed by atoms with Gasteiger partial charge in [-0.1, -0.05) is 0 Å². The maximum atomic E-state index is 13.0. The Hall–Kier alpha value is -3.71. The molecule has 3 aromatic heterocycles. The maximum Gasteiger partial charge on any atom is 0.196 e. The molecule has 7 heteroatoms. The zero-order valence-corrected chi connectivity index (χ0v) is 16.3. The van der Waals surface area contributed by atoms with E-state index in [1.165, 1.54) is 5.69 Å². The zero-order valence-electron chi connectivity index (χ0n) is 16.3. The summed E-state index contributed by atoms with van der Waals surface area (Å²) in [5, 5.41) is 4.21. The molecule has 2 N–H and O–H groups in total. The molecule has 150 valence electrons. The number of morpholine rings is 1. The van der Waals surface area contributed by atoms with Gasteiger partial charge in [-0.15, -0.1) is 0 Å². The number of benzene rings is 1. The number of aromatic amines is 1. The summed E-state index contributed by atoms with van der Waals surface area (Å²) in [5.74, 6) is -0.0898. The minimum absolute atomic E-state index is 0.0898. The summed E-state index contributed by atoms with van der Waals surface area (Å²) in [7, 11) is 0. The first-order valence-corrected chi connectivity index (χ1v) is 9.90. The fraction of sp³-hybridized carbons (Fsp3) is 0.174. The van der Waals surface area contributed by atoms with Crippen LogP contribution in [0.2, 0.25) is 0 Å². The Bertz CT molecular complexity index is 1170. The summed E-state index contributed by atoms with van der Waals surface area (Å²) in [6.07, 6.45) is 6.66. The molecule has 0 amide bonds. The van der Waals surface area contributed by atoms with E-state index >= 15 is 0 Å². The molecule has 0 unspecified atom stereocenters. The number of pyridine rings is 2. The van der Waals surface area contributed by atoms with Gasteiger partial charge < -0.3 is 19.9 Å². The van der Waals surface area contributed by atoms with Gasteiger partial charge in [-0.25, -0.2) is 4.98 Å². The number of anilines is 3. The lowest BCUT2D eigenvalue weighted by molar-refractivity contribution is 0.104. The molecule has 1 saturated heterocycles. The minimum atomic E-state index is -0.0898. The smallest absolute Gasteiger partial charge is 0.196 e. The van der Waals surface area contributed by atoms with Crippen LogP contribution >= 0.6 is 0 Å². The third-order valence-corrected chi connectivity index (χ3v) is 5.26. The number of carbonyl (C=O) groups excluding carboxylic acids is 1. The fourth-order valence-corrected chi connectivity index (χ4v) is 3.73. The summed E-state index contributed by atoms with van der Waals surface area (Å²) in [6, 6.07) is 13.7. The highest BCUT2D eigenvalue weighted by Crippen LogP contribution is 2.30. The van der Waals surface area contributed by atoms with Crippen molar-refractivity contribution >= 4 is 33.9 Å². The van der Waals surface area contributed by atoms with Gasteiger partial charge in [0.15, 0.2) is 5.78 Å². The molecule has 0 bridgehead atoms. The van der Waals surface area contributed by atoms with E-state index in [0.717, 1.165) is 43.1 Å². The average Bonchev–Trinajstić information content (AvgIpc) is 3.25. The third-order valence-electron chi connectivity index (χ3n) is 5.26. The second-order valence-corrected chi connectivity index (χ2v) is 7.13. The standard InChI is InChI=1S/C23H21N5O2/c29-22(16-2-1-8-24-14-16)19-15-26-23-21(19)20(7-9-25-23)27-17-3-5-18(6-4-17)28-10-12-30-13-11-28/h1-9,14-15H,10-13H2,(H2,25,26,27). The highest BCUT2D eigenvalue weighted by Gasteiger charge is 2.18. The molecule has 0 radical (unpaired) electrons. The van der Waals surface area contributed by atoms with Crippen LogP contribution in [-0.4, -0.2) is 47.0 Å². The van der Waals surface area contributed by atoms with E-state index in [9.17, 15) is 4.79 Å². The second kappa shape index (κ2) is 7.96. The highest BCUT2D eigenvalue weighted by molar-refractivity contribution is 6.18. The van der Waals surface area contributed by atoms with Gasteiger partial charge in [0.25, 0.3) is 0 Å². The van der Waals surface area contributed by atoms with E-state index in [2.05, 4.69) is 37.3 Å². The van der Waals surface area contributed by atoms with Crippen molar-refractivity contribution in [1.29, 1.82) is 0 Å². The van der Waals surface area contributed by atoms with Crippen LogP contribution < -0.4 is 10.2 Å². The van der Waals surface area contributed by atoms with Crippen molar-refractivity contribution in [3.8, 4) is 0 Å². The number of nitrogens with one attached hydrogen (secondary N) is 2. The Kier molecular flexibility index (Phi) is 4.86. The predicted octanol–water partition coefficient (Wildman–Crippen LogP) is 3.77. The summed E-state index contributed by atoms with van der Waals surface area (Å²) in [5.41, 5.74) is 4.73. The molecule has 0 saturated carbocycles. The van der Waals surface area contributed by atoms with E-state index in [1.807, 2.05) is 18.2 Å². The van der Waals surface area contributed by atoms with Gasteiger partial charge in [-0.2, -0.15) is 0 Å². The number of hydrogen-bond acceptors (Lipinski definition) is 6. The molecule has 5 rings (SSSR count). The molecule has 1 aliphatic rings. The first-order chi connectivity index (χ1) is 14.8. The van der Waals surface area contributed by atoms with Crippen molar-refractivity contribution < 1.29 is 9.53 Å². The number of fused-ring (bicyclic) bond motifs is 1. The first-order valence-electron chi connectivity index (χ1n) is 9.90. The summed E-state index contributed by atoms with van der Waals surface area (Å²) >= 11 is 0. The van der Waals surface area contributed by atoms with Crippen LogP contribution in [0.25, 0.3) is 11.0 Å². The van der Waals surface area contributed by atoms with Crippen LogP contribution in [0.1, 0.15) is 15.9 Å². The van der Waals surface area contributed by atoms with Crippen LogP contribution in [0.5, 0.6) is 0 Å². The summed E-state index contributed by atoms with van der Waals surface area (Å²) in [6.45, 7) is 3.33. The predicted molar refractivity (Wildman–Crippen MR) is 117 cm³/mol. The molecular formula is C23H21N5O2. The van der Waals surface area contributed by atoms with Gasteiger partial charge in [0.1, 0.15) is 5.65 Å². The molecular weight excluding hydrogens is 378 g/mol. The van der Waals surface area contributed by atoms with Crippen molar-refractivity contribution in [1.82, 2.24) is 15.0 Å². The topological polar surface area (TPSA) is 83.1 Å². The quantitative estimate of drug-likeness (QED) is 0.497. The van der Waals surface area contributed by atoms with E-state index < -0.39 is 0 Å². The number of aromatic nitrogens is 3. The van der Waals surface area contributed by atoms with E-state index in [-0.39, 0.29) is 5.78 Å². The molecule has 0 aliphatic carbocycles. The van der Waals surface area contributed by atoms with E-state index in [0.29, 0.717) is 16.8 Å². The van der Waals surface area contributed by atoms with Crippen LogP contribution in [0.15, 0.2) is 67.3 Å². The Morgan fingerprint density at radius 2 is 1.90 bits per heavy atom. The Morgan fingerprint density at radius 3 is 2.67 bits per heavy atom. The number of ether oxygens (including phenoxy) is 1. The molecule has 4 aromatic rings. The average molecular weight is 399 g/mol. The van der Waals surface area contributed by atoms with Gasteiger partial charge in [0, 0.05) is 54.8 Å². The molecule has 1 aliphatic heterocycles. The lowest BCUT2D eigenvalue weighted by atomic mass is 10.0. The van der Waals surface area contributed by atoms with Gasteiger partial charge in [0.05, 0.1) is 29.9 Å². The van der Waals surface area contributed by atoms with Gasteiger partial charge in [-0.3, -0.25) is 9.78 Å². The monoisotopic (exact) mass is 399 g/mol. The second-order valence-electron chi connectivity index (χ2n) is 7.13. The normalized spacial score (nSPS) is 14.1.